The van der Waals surface area contributed by atoms with Crippen molar-refractivity contribution in [3.63, 3.8) is 0 Å². The molecule has 0 atom stereocenters. The Balaban J connectivity index is 2.04. The average Bonchev–Trinajstić information content (AvgIpc) is 2.83. The van der Waals surface area contributed by atoms with E-state index in [0.29, 0.717) is 13.2 Å². The van der Waals surface area contributed by atoms with E-state index in [2.05, 4.69) is 15.3 Å². The first kappa shape index (κ1) is 13.7. The predicted octanol–water partition coefficient (Wildman–Crippen LogP) is 2.26. The summed E-state index contributed by atoms with van der Waals surface area (Å²) in [5.74, 6) is 0.537. The van der Waals surface area contributed by atoms with Crippen molar-refractivity contribution in [1.29, 1.82) is 0 Å². The number of benzene rings is 1. The van der Waals surface area contributed by atoms with E-state index in [1.165, 1.54) is 12.1 Å². The molecule has 5 heteroatoms. The number of imidazole rings is 1. The number of aryl methyl sites for hydroxylation is 1. The number of hydrogen-bond donors (Lipinski definition) is 2. The van der Waals surface area contributed by atoms with Crippen LogP contribution in [0.3, 0.4) is 0 Å². The van der Waals surface area contributed by atoms with Gasteiger partial charge in [-0.25, -0.2) is 9.37 Å². The van der Waals surface area contributed by atoms with E-state index < -0.39 is 0 Å². The van der Waals surface area contributed by atoms with E-state index in [0.717, 1.165) is 29.2 Å². The molecule has 2 N–H and O–H groups in total. The standard InChI is InChI=1S/C14H18FN3O/c1-10-7-11(15)3-4-13(10)14-17-9-12(18-14)8-16-5-6-19-2/h3-4,7,9,16H,5-6,8H2,1-2H3,(H,17,18). The van der Waals surface area contributed by atoms with Gasteiger partial charge in [-0.3, -0.25) is 0 Å². The van der Waals surface area contributed by atoms with Crippen LogP contribution in [-0.2, 0) is 11.3 Å². The van der Waals surface area contributed by atoms with Crippen LogP contribution in [0.15, 0.2) is 24.4 Å². The highest BCUT2D eigenvalue weighted by molar-refractivity contribution is 5.60. The number of halogens is 1. The second-order valence-corrected chi connectivity index (χ2v) is 4.39. The van der Waals surface area contributed by atoms with Gasteiger partial charge >= 0.3 is 0 Å². The van der Waals surface area contributed by atoms with Crippen LogP contribution >= 0.6 is 0 Å². The lowest BCUT2D eigenvalue weighted by atomic mass is 10.1. The molecule has 19 heavy (non-hydrogen) atoms. The Hall–Kier alpha value is -1.72. The number of H-pyrrole nitrogens is 1. The van der Waals surface area contributed by atoms with Gasteiger partial charge in [0, 0.05) is 37.7 Å². The van der Waals surface area contributed by atoms with Crippen LogP contribution in [-0.4, -0.2) is 30.2 Å². The van der Waals surface area contributed by atoms with Crippen molar-refractivity contribution in [1.82, 2.24) is 15.3 Å². The molecule has 102 valence electrons. The van der Waals surface area contributed by atoms with Gasteiger partial charge in [0.2, 0.25) is 0 Å². The summed E-state index contributed by atoms with van der Waals surface area (Å²) in [6.45, 7) is 4.05. The molecule has 4 nitrogen and oxygen atoms in total. The summed E-state index contributed by atoms with van der Waals surface area (Å²) in [5.41, 5.74) is 2.78. The molecule has 0 saturated heterocycles. The number of nitrogens with one attached hydrogen (secondary N) is 2. The van der Waals surface area contributed by atoms with Gasteiger partial charge in [0.25, 0.3) is 0 Å². The minimum atomic E-state index is -0.228. The number of aromatic nitrogens is 2. The van der Waals surface area contributed by atoms with Gasteiger partial charge in [-0.05, 0) is 30.7 Å². The van der Waals surface area contributed by atoms with Crippen molar-refractivity contribution >= 4 is 0 Å². The van der Waals surface area contributed by atoms with Crippen molar-refractivity contribution in [2.75, 3.05) is 20.3 Å². The summed E-state index contributed by atoms with van der Waals surface area (Å²) in [7, 11) is 1.67. The van der Waals surface area contributed by atoms with E-state index in [1.54, 1.807) is 19.4 Å². The fraction of sp³-hybridized carbons (Fsp3) is 0.357. The fourth-order valence-electron chi connectivity index (χ4n) is 1.88. The smallest absolute Gasteiger partial charge is 0.137 e. The largest absolute Gasteiger partial charge is 0.383 e. The maximum atomic E-state index is 13.1. The molecule has 0 spiro atoms. The van der Waals surface area contributed by atoms with Gasteiger partial charge in [-0.1, -0.05) is 0 Å². The number of methoxy groups -OCH3 is 1. The van der Waals surface area contributed by atoms with Gasteiger partial charge in [-0.2, -0.15) is 0 Å². The van der Waals surface area contributed by atoms with E-state index in [9.17, 15) is 4.39 Å². The Morgan fingerprint density at radius 3 is 3.00 bits per heavy atom. The number of ether oxygens (including phenoxy) is 1. The van der Waals surface area contributed by atoms with E-state index >= 15 is 0 Å². The zero-order chi connectivity index (χ0) is 13.7. The normalized spacial score (nSPS) is 10.9. The zero-order valence-electron chi connectivity index (χ0n) is 11.2. The van der Waals surface area contributed by atoms with E-state index in [-0.39, 0.29) is 5.82 Å². The molecule has 0 aliphatic heterocycles. The number of aromatic amines is 1. The first-order valence-corrected chi connectivity index (χ1v) is 6.21. The van der Waals surface area contributed by atoms with Crippen molar-refractivity contribution in [2.24, 2.45) is 0 Å². The van der Waals surface area contributed by atoms with E-state index in [1.807, 2.05) is 6.92 Å². The quantitative estimate of drug-likeness (QED) is 0.786. The van der Waals surface area contributed by atoms with Crippen LogP contribution in [0.5, 0.6) is 0 Å². The minimum Gasteiger partial charge on any atom is -0.383 e. The predicted molar refractivity (Wildman–Crippen MR) is 72.3 cm³/mol. The molecule has 0 aliphatic carbocycles. The molecule has 1 aromatic carbocycles. The molecular formula is C14H18FN3O. The van der Waals surface area contributed by atoms with Crippen molar-refractivity contribution in [3.8, 4) is 11.4 Å². The molecule has 2 aromatic rings. The minimum absolute atomic E-state index is 0.228. The first-order valence-electron chi connectivity index (χ1n) is 6.21. The van der Waals surface area contributed by atoms with Crippen LogP contribution < -0.4 is 5.32 Å². The molecule has 0 unspecified atom stereocenters. The number of hydrogen-bond acceptors (Lipinski definition) is 3. The lowest BCUT2D eigenvalue weighted by Crippen LogP contribution is -2.18. The molecule has 1 aromatic heterocycles. The third-order valence-electron chi connectivity index (χ3n) is 2.87. The van der Waals surface area contributed by atoms with E-state index in [4.69, 9.17) is 4.74 Å². The molecule has 0 bridgehead atoms. The zero-order valence-corrected chi connectivity index (χ0v) is 11.2. The van der Waals surface area contributed by atoms with Gasteiger partial charge in [0.15, 0.2) is 0 Å². The SMILES string of the molecule is COCCNCc1cnc(-c2ccc(F)cc2C)[nH]1. The Kier molecular flexibility index (Phi) is 4.65. The third kappa shape index (κ3) is 3.62. The van der Waals surface area contributed by atoms with Crippen molar-refractivity contribution < 1.29 is 9.13 Å². The van der Waals surface area contributed by atoms with Gasteiger partial charge in [0.05, 0.1) is 6.61 Å². The Labute approximate surface area is 112 Å². The second kappa shape index (κ2) is 6.45. The summed E-state index contributed by atoms with van der Waals surface area (Å²) in [4.78, 5) is 7.56. The average molecular weight is 263 g/mol. The molecule has 0 amide bonds. The van der Waals surface area contributed by atoms with Crippen LogP contribution in [0, 0.1) is 12.7 Å². The van der Waals surface area contributed by atoms with Crippen LogP contribution in [0.2, 0.25) is 0 Å². The number of nitrogens with zero attached hydrogens (tertiary/aromatic N) is 1. The highest BCUT2D eigenvalue weighted by Gasteiger charge is 2.07. The van der Waals surface area contributed by atoms with Gasteiger partial charge < -0.3 is 15.0 Å². The molecule has 0 radical (unpaired) electrons. The molecule has 0 saturated carbocycles. The van der Waals surface area contributed by atoms with Crippen molar-refractivity contribution in [3.05, 3.63) is 41.5 Å². The van der Waals surface area contributed by atoms with Crippen LogP contribution in [0.1, 0.15) is 11.3 Å². The highest BCUT2D eigenvalue weighted by atomic mass is 19.1. The Morgan fingerprint density at radius 1 is 1.42 bits per heavy atom. The monoisotopic (exact) mass is 263 g/mol. The Morgan fingerprint density at radius 2 is 2.26 bits per heavy atom. The lowest BCUT2D eigenvalue weighted by molar-refractivity contribution is 0.199. The first-order chi connectivity index (χ1) is 9.20. The molecule has 0 fully saturated rings. The summed E-state index contributed by atoms with van der Waals surface area (Å²) in [6.07, 6.45) is 1.79. The maximum Gasteiger partial charge on any atom is 0.137 e. The molecular weight excluding hydrogens is 245 g/mol. The molecule has 2 rings (SSSR count). The highest BCUT2D eigenvalue weighted by Crippen LogP contribution is 2.21. The molecule has 1 heterocycles. The second-order valence-electron chi connectivity index (χ2n) is 4.39. The third-order valence-corrected chi connectivity index (χ3v) is 2.87. The lowest BCUT2D eigenvalue weighted by Gasteiger charge is -2.03. The summed E-state index contributed by atoms with van der Waals surface area (Å²) in [6, 6.07) is 4.70. The van der Waals surface area contributed by atoms with Crippen LogP contribution in [0.4, 0.5) is 4.39 Å². The summed E-state index contributed by atoms with van der Waals surface area (Å²) in [5, 5.41) is 3.23. The topological polar surface area (TPSA) is 49.9 Å². The van der Waals surface area contributed by atoms with Crippen LogP contribution in [0.25, 0.3) is 11.4 Å². The maximum absolute atomic E-state index is 13.1. The van der Waals surface area contributed by atoms with Gasteiger partial charge in [-0.15, -0.1) is 0 Å². The summed E-state index contributed by atoms with van der Waals surface area (Å²) >= 11 is 0. The Bertz CT molecular complexity index is 539. The van der Waals surface area contributed by atoms with Gasteiger partial charge in [0.1, 0.15) is 11.6 Å². The summed E-state index contributed by atoms with van der Waals surface area (Å²) < 4.78 is 18.0. The van der Waals surface area contributed by atoms with Crippen molar-refractivity contribution in [2.45, 2.75) is 13.5 Å². The fourth-order valence-corrected chi connectivity index (χ4v) is 1.88. The molecule has 0 aliphatic rings. The number of rotatable bonds is 6.